The minimum absolute atomic E-state index is 0.0823. The van der Waals surface area contributed by atoms with Crippen LogP contribution in [0.2, 0.25) is 0 Å². The minimum atomic E-state index is -0.700. The van der Waals surface area contributed by atoms with Gasteiger partial charge in [0.15, 0.2) is 0 Å². The van der Waals surface area contributed by atoms with E-state index in [1.807, 2.05) is 19.1 Å². The molecule has 0 saturated carbocycles. The fourth-order valence-electron chi connectivity index (χ4n) is 4.30. The number of methoxy groups -OCH3 is 1. The molecule has 7 heteroatoms. The zero-order chi connectivity index (χ0) is 25.5. The van der Waals surface area contributed by atoms with Crippen molar-refractivity contribution in [3.8, 4) is 11.5 Å². The Hall–Kier alpha value is -3.58. The highest BCUT2D eigenvalue weighted by molar-refractivity contribution is 6.46. The molecule has 186 valence electrons. The van der Waals surface area contributed by atoms with Crippen LogP contribution in [0.5, 0.6) is 11.5 Å². The summed E-state index contributed by atoms with van der Waals surface area (Å²) in [6.07, 6.45) is 1.65. The van der Waals surface area contributed by atoms with Crippen molar-refractivity contribution in [2.24, 2.45) is 0 Å². The number of likely N-dealkylation sites (N-methyl/N-ethyl adjacent to an activating group) is 1. The molecule has 1 saturated heterocycles. The third-order valence-corrected chi connectivity index (χ3v) is 6.33. The number of likely N-dealkylation sites (tertiary alicyclic amines) is 1. The Balaban J connectivity index is 2.07. The molecular formula is C28H34N2O5. The van der Waals surface area contributed by atoms with Gasteiger partial charge < -0.3 is 24.4 Å². The number of nitrogens with zero attached hydrogens (tertiary/aromatic N) is 2. The van der Waals surface area contributed by atoms with E-state index in [0.717, 1.165) is 24.2 Å². The summed E-state index contributed by atoms with van der Waals surface area (Å²) in [6, 6.07) is 11.7. The number of hydrogen-bond donors (Lipinski definition) is 1. The number of rotatable bonds is 11. The number of carbonyl (C=O) groups excluding carboxylic acids is 2. The number of aryl methyl sites for hydroxylation is 1. The number of amides is 1. The van der Waals surface area contributed by atoms with E-state index in [4.69, 9.17) is 9.47 Å². The van der Waals surface area contributed by atoms with Gasteiger partial charge in [-0.15, -0.1) is 0 Å². The lowest BCUT2D eigenvalue weighted by molar-refractivity contribution is -0.140. The van der Waals surface area contributed by atoms with Gasteiger partial charge >= 0.3 is 0 Å². The number of ketones is 1. The summed E-state index contributed by atoms with van der Waals surface area (Å²) in [5.41, 5.74) is 2.06. The molecule has 1 aliphatic heterocycles. The average Bonchev–Trinajstić information content (AvgIpc) is 3.13. The van der Waals surface area contributed by atoms with Crippen molar-refractivity contribution in [2.75, 3.05) is 39.9 Å². The monoisotopic (exact) mass is 478 g/mol. The van der Waals surface area contributed by atoms with Gasteiger partial charge in [-0.2, -0.15) is 0 Å². The fraction of sp³-hybridized carbons (Fsp3) is 0.357. The molecule has 0 spiro atoms. The van der Waals surface area contributed by atoms with E-state index >= 15 is 0 Å². The number of hydrogen-bond acceptors (Lipinski definition) is 6. The summed E-state index contributed by atoms with van der Waals surface area (Å²) in [4.78, 5) is 30.1. The van der Waals surface area contributed by atoms with Crippen molar-refractivity contribution >= 4 is 17.4 Å². The molecule has 35 heavy (non-hydrogen) atoms. The Morgan fingerprint density at radius 1 is 1.14 bits per heavy atom. The highest BCUT2D eigenvalue weighted by Crippen LogP contribution is 2.40. The first-order valence-electron chi connectivity index (χ1n) is 11.9. The summed E-state index contributed by atoms with van der Waals surface area (Å²) in [5, 5.41) is 11.3. The third-order valence-electron chi connectivity index (χ3n) is 6.33. The molecule has 1 heterocycles. The predicted octanol–water partition coefficient (Wildman–Crippen LogP) is 4.33. The maximum Gasteiger partial charge on any atom is 0.295 e. The van der Waals surface area contributed by atoms with Gasteiger partial charge in [0.05, 0.1) is 18.7 Å². The predicted molar refractivity (Wildman–Crippen MR) is 137 cm³/mol. The van der Waals surface area contributed by atoms with Crippen LogP contribution in [0.25, 0.3) is 5.76 Å². The third kappa shape index (κ3) is 5.57. The molecule has 1 amide bonds. The number of aliphatic hydroxyl groups is 1. The van der Waals surface area contributed by atoms with Gasteiger partial charge in [-0.3, -0.25) is 9.59 Å². The van der Waals surface area contributed by atoms with Gasteiger partial charge in [0.1, 0.15) is 23.9 Å². The first-order valence-corrected chi connectivity index (χ1v) is 11.9. The molecule has 3 rings (SSSR count). The van der Waals surface area contributed by atoms with Gasteiger partial charge in [0.25, 0.3) is 11.7 Å². The minimum Gasteiger partial charge on any atom is -0.507 e. The topological polar surface area (TPSA) is 79.3 Å². The normalized spacial score (nSPS) is 17.2. The van der Waals surface area contributed by atoms with Gasteiger partial charge in [0.2, 0.25) is 0 Å². The standard InChI is InChI=1S/C28H34N2O5/c1-6-17-35-23-14-11-21(18-19(23)4)26(31)24-25(20-9-12-22(34-5)13-10-20)30(28(33)27(24)32)16-15-29(7-2)8-3/h6,9-14,18,25,31H,1,7-8,15-17H2,2-5H3. The van der Waals surface area contributed by atoms with E-state index in [0.29, 0.717) is 36.8 Å². The summed E-state index contributed by atoms with van der Waals surface area (Å²) >= 11 is 0. The molecule has 0 bridgehead atoms. The van der Waals surface area contributed by atoms with Gasteiger partial charge in [-0.05, 0) is 61.5 Å². The van der Waals surface area contributed by atoms with Crippen molar-refractivity contribution in [1.29, 1.82) is 0 Å². The Morgan fingerprint density at radius 2 is 1.83 bits per heavy atom. The second-order valence-corrected chi connectivity index (χ2v) is 8.37. The van der Waals surface area contributed by atoms with Gasteiger partial charge in [-0.1, -0.05) is 38.6 Å². The van der Waals surface area contributed by atoms with Crippen molar-refractivity contribution in [1.82, 2.24) is 9.80 Å². The maximum absolute atomic E-state index is 13.2. The summed E-state index contributed by atoms with van der Waals surface area (Å²) < 4.78 is 10.9. The number of aliphatic hydroxyl groups excluding tert-OH is 1. The maximum atomic E-state index is 13.2. The molecule has 7 nitrogen and oxygen atoms in total. The molecule has 1 fully saturated rings. The van der Waals surface area contributed by atoms with E-state index in [9.17, 15) is 14.7 Å². The molecule has 1 unspecified atom stereocenters. The lowest BCUT2D eigenvalue weighted by Gasteiger charge is -2.28. The van der Waals surface area contributed by atoms with E-state index in [-0.39, 0.29) is 11.3 Å². The molecule has 2 aromatic rings. The lowest BCUT2D eigenvalue weighted by atomic mass is 9.94. The molecule has 1 aliphatic rings. The zero-order valence-corrected chi connectivity index (χ0v) is 20.9. The Labute approximate surface area is 207 Å². The average molecular weight is 479 g/mol. The second-order valence-electron chi connectivity index (χ2n) is 8.37. The summed E-state index contributed by atoms with van der Waals surface area (Å²) in [5.74, 6) is -0.171. The quantitative estimate of drug-likeness (QED) is 0.224. The van der Waals surface area contributed by atoms with E-state index in [1.54, 1.807) is 48.4 Å². The van der Waals surface area contributed by atoms with Crippen LogP contribution in [-0.4, -0.2) is 66.5 Å². The molecule has 0 radical (unpaired) electrons. The molecule has 0 aromatic heterocycles. The summed E-state index contributed by atoms with van der Waals surface area (Å²) in [6.45, 7) is 12.7. The lowest BCUT2D eigenvalue weighted by Crippen LogP contribution is -2.38. The Bertz CT molecular complexity index is 1100. The van der Waals surface area contributed by atoms with E-state index < -0.39 is 17.7 Å². The Kier molecular flexibility index (Phi) is 8.71. The van der Waals surface area contributed by atoms with Gasteiger partial charge in [0, 0.05) is 18.7 Å². The van der Waals surface area contributed by atoms with Crippen molar-refractivity contribution in [2.45, 2.75) is 26.8 Å². The molecule has 2 aromatic carbocycles. The first-order chi connectivity index (χ1) is 16.9. The SMILES string of the molecule is C=CCOc1ccc(C(O)=C2C(=O)C(=O)N(CCN(CC)CC)C2c2ccc(OC)cc2)cc1C. The first kappa shape index (κ1) is 26.0. The number of carbonyl (C=O) groups is 2. The van der Waals surface area contributed by atoms with E-state index in [2.05, 4.69) is 25.3 Å². The smallest absolute Gasteiger partial charge is 0.295 e. The van der Waals surface area contributed by atoms with E-state index in [1.165, 1.54) is 0 Å². The van der Waals surface area contributed by atoms with Crippen LogP contribution in [0, 0.1) is 6.92 Å². The van der Waals surface area contributed by atoms with Crippen LogP contribution < -0.4 is 9.47 Å². The highest BCUT2D eigenvalue weighted by atomic mass is 16.5. The fourth-order valence-corrected chi connectivity index (χ4v) is 4.30. The van der Waals surface area contributed by atoms with Gasteiger partial charge in [-0.25, -0.2) is 0 Å². The van der Waals surface area contributed by atoms with Crippen molar-refractivity contribution in [3.63, 3.8) is 0 Å². The number of Topliss-reactive ketones (excluding diaryl/α,β-unsaturated/α-hetero) is 1. The highest BCUT2D eigenvalue weighted by Gasteiger charge is 2.46. The van der Waals surface area contributed by atoms with Crippen LogP contribution >= 0.6 is 0 Å². The van der Waals surface area contributed by atoms with Crippen LogP contribution in [-0.2, 0) is 9.59 Å². The molecular weight excluding hydrogens is 444 g/mol. The second kappa shape index (κ2) is 11.7. The largest absolute Gasteiger partial charge is 0.507 e. The van der Waals surface area contributed by atoms with Crippen LogP contribution in [0.4, 0.5) is 0 Å². The number of ether oxygens (including phenoxy) is 2. The summed E-state index contributed by atoms with van der Waals surface area (Å²) in [7, 11) is 1.58. The zero-order valence-electron chi connectivity index (χ0n) is 20.9. The molecule has 1 N–H and O–H groups in total. The molecule has 1 atom stereocenters. The van der Waals surface area contributed by atoms with Crippen molar-refractivity contribution < 1.29 is 24.2 Å². The van der Waals surface area contributed by atoms with Crippen LogP contribution in [0.3, 0.4) is 0 Å². The van der Waals surface area contributed by atoms with Crippen LogP contribution in [0.15, 0.2) is 60.7 Å². The van der Waals surface area contributed by atoms with Crippen molar-refractivity contribution in [3.05, 3.63) is 77.4 Å². The Morgan fingerprint density at radius 3 is 2.40 bits per heavy atom. The van der Waals surface area contributed by atoms with Crippen LogP contribution in [0.1, 0.15) is 36.6 Å². The molecule has 0 aliphatic carbocycles. The number of benzene rings is 2.